The standard InChI is InChI=1S/C26H29N3O6/c1-4-35-16-21-27-24(30)22(25(31)28-14-13-18(15-28)17-9-6-5-7-10-17)26(32)29(21)23-19(33-2)11-8-12-20(23)34-3/h5-12,18,32H,4,13-16H2,1-3H3. The highest BCUT2D eigenvalue weighted by molar-refractivity contribution is 5.96. The van der Waals surface area contributed by atoms with Gasteiger partial charge in [0.05, 0.1) is 14.2 Å². The second kappa shape index (κ2) is 10.6. The summed E-state index contributed by atoms with van der Waals surface area (Å²) in [5, 5.41) is 11.4. The first-order valence-corrected chi connectivity index (χ1v) is 11.5. The third-order valence-electron chi connectivity index (χ3n) is 6.16. The highest BCUT2D eigenvalue weighted by Gasteiger charge is 2.33. The molecule has 3 aromatic rings. The predicted molar refractivity (Wildman–Crippen MR) is 130 cm³/mol. The average Bonchev–Trinajstić information content (AvgIpc) is 3.38. The molecule has 0 saturated carbocycles. The molecule has 1 N–H and O–H groups in total. The van der Waals surface area contributed by atoms with Crippen LogP contribution in [-0.4, -0.2) is 59.4 Å². The molecular weight excluding hydrogens is 450 g/mol. The molecule has 1 aliphatic heterocycles. The Morgan fingerprint density at radius 1 is 1.09 bits per heavy atom. The van der Waals surface area contributed by atoms with Crippen LogP contribution in [0.3, 0.4) is 0 Å². The zero-order chi connectivity index (χ0) is 24.9. The molecule has 4 rings (SSSR count). The zero-order valence-corrected chi connectivity index (χ0v) is 20.1. The topological polar surface area (TPSA) is 103 Å². The van der Waals surface area contributed by atoms with E-state index in [0.29, 0.717) is 36.9 Å². The summed E-state index contributed by atoms with van der Waals surface area (Å²) in [7, 11) is 2.96. The van der Waals surface area contributed by atoms with Gasteiger partial charge in [-0.1, -0.05) is 36.4 Å². The Morgan fingerprint density at radius 2 is 1.77 bits per heavy atom. The van der Waals surface area contributed by atoms with Crippen LogP contribution in [0.15, 0.2) is 53.3 Å². The van der Waals surface area contributed by atoms with Crippen molar-refractivity contribution in [3.63, 3.8) is 0 Å². The smallest absolute Gasteiger partial charge is 0.289 e. The number of carbonyl (C=O) groups excluding carboxylic acids is 1. The van der Waals surface area contributed by atoms with Crippen molar-refractivity contribution in [1.82, 2.24) is 14.5 Å². The molecule has 184 valence electrons. The summed E-state index contributed by atoms with van der Waals surface area (Å²) in [4.78, 5) is 32.2. The third kappa shape index (κ3) is 4.72. The molecule has 0 radical (unpaired) electrons. The molecule has 2 aromatic carbocycles. The summed E-state index contributed by atoms with van der Waals surface area (Å²) >= 11 is 0. The predicted octanol–water partition coefficient (Wildman–Crippen LogP) is 3.12. The Morgan fingerprint density at radius 3 is 2.40 bits per heavy atom. The van der Waals surface area contributed by atoms with Crippen LogP contribution in [0.4, 0.5) is 0 Å². The van der Waals surface area contributed by atoms with Gasteiger partial charge in [0.15, 0.2) is 5.56 Å². The molecule has 2 heterocycles. The quantitative estimate of drug-likeness (QED) is 0.529. The minimum absolute atomic E-state index is 0.0607. The Bertz CT molecular complexity index is 1240. The van der Waals surface area contributed by atoms with E-state index in [-0.39, 0.29) is 18.3 Å². The van der Waals surface area contributed by atoms with E-state index in [1.165, 1.54) is 18.8 Å². The number of carbonyl (C=O) groups is 1. The summed E-state index contributed by atoms with van der Waals surface area (Å²) in [5.41, 5.74) is 0.241. The number of methoxy groups -OCH3 is 2. The normalized spacial score (nSPS) is 15.3. The molecule has 1 aliphatic rings. The van der Waals surface area contributed by atoms with E-state index in [9.17, 15) is 14.7 Å². The number of aromatic hydroxyl groups is 1. The van der Waals surface area contributed by atoms with E-state index in [1.807, 2.05) is 30.3 Å². The minimum atomic E-state index is -0.810. The van der Waals surface area contributed by atoms with Crippen LogP contribution in [0.2, 0.25) is 0 Å². The number of ether oxygens (including phenoxy) is 3. The number of para-hydroxylation sites is 1. The highest BCUT2D eigenvalue weighted by Crippen LogP contribution is 2.37. The molecule has 1 saturated heterocycles. The Hall–Kier alpha value is -3.85. The van der Waals surface area contributed by atoms with E-state index >= 15 is 0 Å². The lowest BCUT2D eigenvalue weighted by Gasteiger charge is -2.22. The first-order chi connectivity index (χ1) is 17.0. The van der Waals surface area contributed by atoms with Gasteiger partial charge in [-0.05, 0) is 31.0 Å². The fourth-order valence-electron chi connectivity index (χ4n) is 4.42. The molecule has 0 bridgehead atoms. The number of likely N-dealkylation sites (tertiary alicyclic amines) is 1. The lowest BCUT2D eigenvalue weighted by molar-refractivity contribution is 0.0782. The number of rotatable bonds is 8. The summed E-state index contributed by atoms with van der Waals surface area (Å²) in [6.45, 7) is 3.03. The van der Waals surface area contributed by atoms with Crippen molar-refractivity contribution in [3.05, 3.63) is 75.8 Å². The summed E-state index contributed by atoms with van der Waals surface area (Å²) in [6.07, 6.45) is 0.765. The Labute approximate surface area is 203 Å². The van der Waals surface area contributed by atoms with Gasteiger partial charge in [0.2, 0.25) is 5.88 Å². The molecule has 0 aliphatic carbocycles. The van der Waals surface area contributed by atoms with Gasteiger partial charge in [-0.15, -0.1) is 0 Å². The van der Waals surface area contributed by atoms with Crippen LogP contribution in [0.25, 0.3) is 5.69 Å². The van der Waals surface area contributed by atoms with E-state index in [4.69, 9.17) is 14.2 Å². The molecule has 1 amide bonds. The van der Waals surface area contributed by atoms with E-state index in [2.05, 4.69) is 4.98 Å². The van der Waals surface area contributed by atoms with E-state index in [0.717, 1.165) is 12.0 Å². The van der Waals surface area contributed by atoms with Crippen LogP contribution < -0.4 is 15.0 Å². The van der Waals surface area contributed by atoms with Gasteiger partial charge in [0, 0.05) is 25.6 Å². The van der Waals surface area contributed by atoms with Gasteiger partial charge >= 0.3 is 0 Å². The number of nitrogens with zero attached hydrogens (tertiary/aromatic N) is 3. The maximum atomic E-state index is 13.5. The number of amides is 1. The minimum Gasteiger partial charge on any atom is -0.494 e. The van der Waals surface area contributed by atoms with Crippen LogP contribution in [0.5, 0.6) is 17.4 Å². The van der Waals surface area contributed by atoms with E-state index < -0.39 is 22.9 Å². The lowest BCUT2D eigenvalue weighted by atomic mass is 9.99. The Balaban J connectivity index is 1.80. The molecule has 9 nitrogen and oxygen atoms in total. The summed E-state index contributed by atoms with van der Waals surface area (Å²) in [6, 6.07) is 15.0. The molecule has 1 unspecified atom stereocenters. The van der Waals surface area contributed by atoms with Gasteiger partial charge in [0.1, 0.15) is 29.6 Å². The van der Waals surface area contributed by atoms with Crippen molar-refractivity contribution in [1.29, 1.82) is 0 Å². The molecule has 35 heavy (non-hydrogen) atoms. The average molecular weight is 480 g/mol. The summed E-state index contributed by atoms with van der Waals surface area (Å²) in [5.74, 6) is -0.0842. The lowest BCUT2D eigenvalue weighted by Crippen LogP contribution is -2.35. The van der Waals surface area contributed by atoms with Crippen molar-refractivity contribution >= 4 is 5.91 Å². The molecular formula is C26H29N3O6. The van der Waals surface area contributed by atoms with Crippen molar-refractivity contribution < 1.29 is 24.1 Å². The largest absolute Gasteiger partial charge is 0.494 e. The second-order valence-corrected chi connectivity index (χ2v) is 8.16. The molecule has 1 aromatic heterocycles. The van der Waals surface area contributed by atoms with Gasteiger partial charge < -0.3 is 24.2 Å². The number of hydrogen-bond acceptors (Lipinski definition) is 7. The van der Waals surface area contributed by atoms with Crippen molar-refractivity contribution in [2.75, 3.05) is 33.9 Å². The number of aromatic nitrogens is 2. The van der Waals surface area contributed by atoms with Crippen LogP contribution in [0, 0.1) is 0 Å². The van der Waals surface area contributed by atoms with Crippen LogP contribution in [-0.2, 0) is 11.3 Å². The number of hydrogen-bond donors (Lipinski definition) is 1. The third-order valence-corrected chi connectivity index (χ3v) is 6.16. The van der Waals surface area contributed by atoms with Gasteiger partial charge in [-0.25, -0.2) is 0 Å². The van der Waals surface area contributed by atoms with Gasteiger partial charge in [-0.2, -0.15) is 4.98 Å². The second-order valence-electron chi connectivity index (χ2n) is 8.16. The zero-order valence-electron chi connectivity index (χ0n) is 20.1. The molecule has 0 spiro atoms. The molecule has 1 atom stereocenters. The van der Waals surface area contributed by atoms with Crippen molar-refractivity contribution in [3.8, 4) is 23.1 Å². The Kier molecular flexibility index (Phi) is 7.36. The molecule has 1 fully saturated rings. The fourth-order valence-corrected chi connectivity index (χ4v) is 4.42. The van der Waals surface area contributed by atoms with Crippen molar-refractivity contribution in [2.45, 2.75) is 25.9 Å². The first-order valence-electron chi connectivity index (χ1n) is 11.5. The fraction of sp³-hybridized carbons (Fsp3) is 0.346. The molecule has 9 heteroatoms. The number of benzene rings is 2. The van der Waals surface area contributed by atoms with Crippen LogP contribution in [0.1, 0.15) is 41.0 Å². The first kappa shape index (κ1) is 24.3. The van der Waals surface area contributed by atoms with Crippen LogP contribution >= 0.6 is 0 Å². The maximum Gasteiger partial charge on any atom is 0.289 e. The van der Waals surface area contributed by atoms with E-state index in [1.54, 1.807) is 30.0 Å². The van der Waals surface area contributed by atoms with Gasteiger partial charge in [0.25, 0.3) is 11.5 Å². The SMILES string of the molecule is CCOCc1nc(=O)c(C(=O)N2CCC(c3ccccc3)C2)c(O)n1-c1c(OC)cccc1OC. The maximum absolute atomic E-state index is 13.5. The van der Waals surface area contributed by atoms with Crippen molar-refractivity contribution in [2.24, 2.45) is 0 Å². The summed E-state index contributed by atoms with van der Waals surface area (Å²) < 4.78 is 17.8. The highest BCUT2D eigenvalue weighted by atomic mass is 16.5. The monoisotopic (exact) mass is 479 g/mol. The van der Waals surface area contributed by atoms with Gasteiger partial charge in [-0.3, -0.25) is 14.2 Å².